The molecule has 0 amide bonds. The summed E-state index contributed by atoms with van der Waals surface area (Å²) in [5.74, 6) is 0. The number of aliphatic hydroxyl groups excluding tert-OH is 8. The monoisotopic (exact) mass is 422 g/mol. The molecule has 10 atom stereocenters. The first kappa shape index (κ1) is 22.5. The largest absolute Gasteiger partial charge is 0.394 e. The van der Waals surface area contributed by atoms with Gasteiger partial charge in [-0.2, -0.15) is 0 Å². The number of aliphatic hydroxyl groups is 10. The molecule has 14 heteroatoms. The molecule has 2 aliphatic heterocycles. The van der Waals surface area contributed by atoms with Gasteiger partial charge in [-0.25, -0.2) is 0 Å². The summed E-state index contributed by atoms with van der Waals surface area (Å²) in [5.41, 5.74) is 0. The van der Waals surface area contributed by atoms with Crippen molar-refractivity contribution in [2.24, 2.45) is 0 Å². The Morgan fingerprint density at radius 2 is 0.923 bits per heavy atom. The quantitative estimate of drug-likeness (QED) is 0.148. The van der Waals surface area contributed by atoms with E-state index >= 15 is 0 Å². The van der Waals surface area contributed by atoms with Crippen molar-refractivity contribution in [3.8, 4) is 0 Å². The van der Waals surface area contributed by atoms with Gasteiger partial charge < -0.3 is 60.5 Å². The highest BCUT2D eigenvalue weighted by atomic mass is 33.1. The zero-order valence-electron chi connectivity index (χ0n) is 13.1. The van der Waals surface area contributed by atoms with Crippen LogP contribution in [0.5, 0.6) is 0 Å². The van der Waals surface area contributed by atoms with Crippen molar-refractivity contribution in [1.29, 1.82) is 0 Å². The second-order valence-corrected chi connectivity index (χ2v) is 8.46. The molecule has 2 saturated heterocycles. The van der Waals surface area contributed by atoms with E-state index in [9.17, 15) is 40.9 Å². The van der Waals surface area contributed by atoms with Gasteiger partial charge in [-0.3, -0.25) is 0 Å². The van der Waals surface area contributed by atoms with Crippen LogP contribution in [0.3, 0.4) is 0 Å². The fraction of sp³-hybridized carbons (Fsp3) is 1.00. The van der Waals surface area contributed by atoms with Gasteiger partial charge in [0.15, 0.2) is 0 Å². The van der Waals surface area contributed by atoms with Gasteiger partial charge in [0, 0.05) is 0 Å². The molecule has 12 nitrogen and oxygen atoms in total. The highest BCUT2D eigenvalue weighted by Crippen LogP contribution is 2.50. The van der Waals surface area contributed by atoms with Crippen LogP contribution in [0.15, 0.2) is 0 Å². The minimum absolute atomic E-state index is 0.166. The minimum atomic E-state index is -2.65. The lowest BCUT2D eigenvalue weighted by atomic mass is 9.99. The van der Waals surface area contributed by atoms with E-state index in [2.05, 4.69) is 0 Å². The maximum atomic E-state index is 10.4. The van der Waals surface area contributed by atoms with Gasteiger partial charge >= 0.3 is 0 Å². The average molecular weight is 422 g/mol. The van der Waals surface area contributed by atoms with Gasteiger partial charge in [0.05, 0.1) is 13.2 Å². The highest BCUT2D eigenvalue weighted by molar-refractivity contribution is 8.77. The van der Waals surface area contributed by atoms with Crippen LogP contribution in [0.1, 0.15) is 0 Å². The first-order chi connectivity index (χ1) is 12.0. The fourth-order valence-electron chi connectivity index (χ4n) is 2.51. The molecule has 154 valence electrons. The van der Waals surface area contributed by atoms with Crippen molar-refractivity contribution < 1.29 is 60.5 Å². The van der Waals surface area contributed by atoms with Crippen molar-refractivity contribution in [3.63, 3.8) is 0 Å². The summed E-state index contributed by atoms with van der Waals surface area (Å²) in [6.07, 6.45) is -14.3. The molecule has 2 heterocycles. The van der Waals surface area contributed by atoms with E-state index in [0.717, 1.165) is 0 Å². The van der Waals surface area contributed by atoms with Crippen LogP contribution in [-0.4, -0.2) is 123 Å². The van der Waals surface area contributed by atoms with E-state index in [4.69, 9.17) is 19.7 Å². The molecule has 0 aromatic rings. The van der Waals surface area contributed by atoms with Crippen molar-refractivity contribution in [1.82, 2.24) is 0 Å². The minimum Gasteiger partial charge on any atom is -0.394 e. The summed E-state index contributed by atoms with van der Waals surface area (Å²) in [6, 6.07) is 0. The molecule has 0 radical (unpaired) electrons. The van der Waals surface area contributed by atoms with E-state index in [1.54, 1.807) is 0 Å². The normalized spacial score (nSPS) is 52.8. The predicted octanol–water partition coefficient (Wildman–Crippen LogP) is -5.39. The molecule has 0 aliphatic carbocycles. The van der Waals surface area contributed by atoms with Crippen LogP contribution in [0.25, 0.3) is 0 Å². The summed E-state index contributed by atoms with van der Waals surface area (Å²) in [5, 5.41) is 92.5. The van der Waals surface area contributed by atoms with Gasteiger partial charge in [0.1, 0.15) is 48.8 Å². The van der Waals surface area contributed by atoms with Crippen molar-refractivity contribution in [2.75, 3.05) is 13.2 Å². The molecule has 0 spiro atoms. The second kappa shape index (κ2) is 8.30. The summed E-state index contributed by atoms with van der Waals surface area (Å²) in [6.45, 7) is -1.61. The van der Waals surface area contributed by atoms with Gasteiger partial charge in [-0.05, 0) is 21.6 Å². The summed E-state index contributed by atoms with van der Waals surface area (Å²) >= 11 is 0. The van der Waals surface area contributed by atoms with Gasteiger partial charge in [-0.15, -0.1) is 0 Å². The first-order valence-corrected chi connectivity index (χ1v) is 9.63. The van der Waals surface area contributed by atoms with E-state index in [1.165, 1.54) is 0 Å². The lowest BCUT2D eigenvalue weighted by Gasteiger charge is -2.47. The lowest BCUT2D eigenvalue weighted by Crippen LogP contribution is -2.65. The number of hydrogen-bond donors (Lipinski definition) is 10. The van der Waals surface area contributed by atoms with Crippen LogP contribution < -0.4 is 0 Å². The first-order valence-electron chi connectivity index (χ1n) is 7.48. The Balaban J connectivity index is 2.14. The summed E-state index contributed by atoms with van der Waals surface area (Å²) in [7, 11) is 0.332. The zero-order valence-corrected chi connectivity index (χ0v) is 14.8. The van der Waals surface area contributed by atoms with Crippen LogP contribution in [0.4, 0.5) is 0 Å². The number of hydrogen-bond acceptors (Lipinski definition) is 14. The van der Waals surface area contributed by atoms with Gasteiger partial charge in [-0.1, -0.05) is 0 Å². The Kier molecular flexibility index (Phi) is 7.19. The van der Waals surface area contributed by atoms with Crippen LogP contribution in [0, 0.1) is 0 Å². The standard InChI is InChI=1S/C12H22O12S2/c13-1-3-5(15)7(17)9(19)11(21,23-3)25-26-12(22)10(20)8(18)6(16)4(2-14)24-12/h3-10,13-22H,1-2H2/t3-,4-,5-,6-,7+,8+,9-,10?,11?,12?/m1/s1. The Labute approximate surface area is 155 Å². The Bertz CT molecular complexity index is 441. The molecule has 2 fully saturated rings. The van der Waals surface area contributed by atoms with E-state index < -0.39 is 72.3 Å². The maximum Gasteiger partial charge on any atom is 0.256 e. The molecular formula is C12H22O12S2. The average Bonchev–Trinajstić information content (AvgIpc) is 2.63. The molecular weight excluding hydrogens is 400 g/mol. The second-order valence-electron chi connectivity index (χ2n) is 5.96. The molecule has 2 rings (SSSR count). The number of rotatable bonds is 5. The van der Waals surface area contributed by atoms with Crippen LogP contribution in [-0.2, 0) is 9.47 Å². The molecule has 3 unspecified atom stereocenters. The molecule has 0 bridgehead atoms. The van der Waals surface area contributed by atoms with Gasteiger partial charge in [0.2, 0.25) is 0 Å². The summed E-state index contributed by atoms with van der Waals surface area (Å²) < 4.78 is 9.94. The van der Waals surface area contributed by atoms with E-state index in [0.29, 0.717) is 0 Å². The van der Waals surface area contributed by atoms with Crippen molar-refractivity contribution in [3.05, 3.63) is 0 Å². The Morgan fingerprint density at radius 1 is 0.615 bits per heavy atom. The molecule has 10 N–H and O–H groups in total. The molecule has 0 aromatic carbocycles. The third-order valence-corrected chi connectivity index (χ3v) is 7.06. The van der Waals surface area contributed by atoms with Crippen molar-refractivity contribution in [2.45, 2.75) is 59.1 Å². The number of ether oxygens (including phenoxy) is 2. The third-order valence-electron chi connectivity index (χ3n) is 4.14. The Hall–Kier alpha value is 0.220. The topological polar surface area (TPSA) is 221 Å². The molecule has 0 saturated carbocycles. The highest BCUT2D eigenvalue weighted by Gasteiger charge is 2.58. The SMILES string of the molecule is OC[C@H]1OC(O)(SSC2(O)O[C@H](CO)[C@@H](O)[C@H](O)C2O)[C@H](O)[C@@H](O)[C@@H]1O. The fourth-order valence-corrected chi connectivity index (χ4v) is 5.09. The van der Waals surface area contributed by atoms with Crippen LogP contribution >= 0.6 is 21.6 Å². The maximum absolute atomic E-state index is 10.4. The van der Waals surface area contributed by atoms with Crippen molar-refractivity contribution >= 4 is 21.6 Å². The summed E-state index contributed by atoms with van der Waals surface area (Å²) in [4.78, 5) is 0. The van der Waals surface area contributed by atoms with E-state index in [1.807, 2.05) is 0 Å². The molecule has 26 heavy (non-hydrogen) atoms. The Morgan fingerprint density at radius 3 is 1.19 bits per heavy atom. The zero-order chi connectivity index (χ0) is 19.9. The lowest BCUT2D eigenvalue weighted by molar-refractivity contribution is -0.307. The molecule has 0 aromatic heterocycles. The van der Waals surface area contributed by atoms with Crippen LogP contribution in [0.2, 0.25) is 0 Å². The predicted molar refractivity (Wildman–Crippen MR) is 85.0 cm³/mol. The molecule has 2 aliphatic rings. The van der Waals surface area contributed by atoms with E-state index in [-0.39, 0.29) is 21.6 Å². The smallest absolute Gasteiger partial charge is 0.256 e. The third kappa shape index (κ3) is 3.99. The van der Waals surface area contributed by atoms with Gasteiger partial charge in [0.25, 0.3) is 10.2 Å².